The van der Waals surface area contributed by atoms with Gasteiger partial charge >= 0.3 is 6.18 Å². The number of amides is 1. The predicted octanol–water partition coefficient (Wildman–Crippen LogP) is 3.77. The second kappa shape index (κ2) is 7.22. The molecular formula is C17H13F4N3O3. The number of benzene rings is 1. The number of aryl methyl sites for hydroxylation is 1. The van der Waals surface area contributed by atoms with Gasteiger partial charge in [-0.1, -0.05) is 5.16 Å². The van der Waals surface area contributed by atoms with Gasteiger partial charge in [-0.15, -0.1) is 0 Å². The van der Waals surface area contributed by atoms with Crippen molar-refractivity contribution in [1.29, 1.82) is 0 Å². The molecule has 1 amide bonds. The Bertz CT molecular complexity index is 945. The van der Waals surface area contributed by atoms with Crippen LogP contribution >= 0.6 is 0 Å². The van der Waals surface area contributed by atoms with E-state index in [1.165, 1.54) is 30.5 Å². The van der Waals surface area contributed by atoms with Crippen molar-refractivity contribution in [1.82, 2.24) is 15.5 Å². The second-order valence-corrected chi connectivity index (χ2v) is 5.63. The summed E-state index contributed by atoms with van der Waals surface area (Å²) in [5, 5.41) is 5.53. The standard InChI is InChI=1S/C17H13F4N3O3/c1-9-13(17(19,20)21)14(27-24-9)15(25)22-7-6-12-8-26-16(23-12)10-2-4-11(18)5-3-10/h2-5,8H,6-7H2,1H3,(H,22,25). The van der Waals surface area contributed by atoms with E-state index in [4.69, 9.17) is 4.42 Å². The first kappa shape index (κ1) is 18.6. The maximum Gasteiger partial charge on any atom is 0.422 e. The summed E-state index contributed by atoms with van der Waals surface area (Å²) in [5.74, 6) is -2.03. The van der Waals surface area contributed by atoms with E-state index in [1.807, 2.05) is 0 Å². The average Bonchev–Trinajstić information content (AvgIpc) is 3.22. The SMILES string of the molecule is Cc1noc(C(=O)NCCc2coc(-c3ccc(F)cc3)n2)c1C(F)(F)F. The van der Waals surface area contributed by atoms with Gasteiger partial charge in [0.25, 0.3) is 5.91 Å². The van der Waals surface area contributed by atoms with E-state index in [1.54, 1.807) is 0 Å². The van der Waals surface area contributed by atoms with Gasteiger partial charge in [-0.25, -0.2) is 9.37 Å². The molecule has 0 aliphatic carbocycles. The minimum atomic E-state index is -4.74. The maximum absolute atomic E-state index is 13.0. The molecule has 27 heavy (non-hydrogen) atoms. The first-order valence-corrected chi connectivity index (χ1v) is 7.77. The third-order valence-electron chi connectivity index (χ3n) is 3.66. The van der Waals surface area contributed by atoms with E-state index < -0.39 is 34.9 Å². The molecule has 0 aliphatic heterocycles. The first-order valence-electron chi connectivity index (χ1n) is 7.77. The Morgan fingerprint density at radius 2 is 1.93 bits per heavy atom. The van der Waals surface area contributed by atoms with E-state index in [0.29, 0.717) is 11.3 Å². The molecule has 1 N–H and O–H groups in total. The second-order valence-electron chi connectivity index (χ2n) is 5.63. The minimum absolute atomic E-state index is 0.00523. The van der Waals surface area contributed by atoms with Crippen LogP contribution in [0.1, 0.15) is 27.5 Å². The zero-order valence-corrected chi connectivity index (χ0v) is 13.9. The number of nitrogens with zero attached hydrogens (tertiary/aromatic N) is 2. The molecule has 3 rings (SSSR count). The molecule has 1 aromatic carbocycles. The summed E-state index contributed by atoms with van der Waals surface area (Å²) in [5.41, 5.74) is -0.564. The van der Waals surface area contributed by atoms with Crippen molar-refractivity contribution >= 4 is 5.91 Å². The number of nitrogens with one attached hydrogen (secondary N) is 1. The molecule has 2 heterocycles. The fourth-order valence-corrected chi connectivity index (χ4v) is 2.39. The van der Waals surface area contributed by atoms with Crippen LogP contribution < -0.4 is 5.32 Å². The molecule has 0 saturated carbocycles. The van der Waals surface area contributed by atoms with Crippen LogP contribution in [0.15, 0.2) is 39.5 Å². The number of hydrogen-bond acceptors (Lipinski definition) is 5. The molecule has 0 saturated heterocycles. The summed E-state index contributed by atoms with van der Waals surface area (Å²) in [6.07, 6.45) is -3.18. The zero-order valence-electron chi connectivity index (χ0n) is 13.9. The van der Waals surface area contributed by atoms with E-state index >= 15 is 0 Å². The number of rotatable bonds is 5. The normalized spacial score (nSPS) is 11.6. The van der Waals surface area contributed by atoms with Crippen LogP contribution in [0.25, 0.3) is 11.5 Å². The van der Waals surface area contributed by atoms with Crippen LogP contribution in [-0.4, -0.2) is 22.6 Å². The van der Waals surface area contributed by atoms with E-state index in [0.717, 1.165) is 6.92 Å². The maximum atomic E-state index is 13.0. The fourth-order valence-electron chi connectivity index (χ4n) is 2.39. The molecule has 6 nitrogen and oxygen atoms in total. The molecule has 2 aromatic heterocycles. The predicted molar refractivity (Wildman–Crippen MR) is 84.2 cm³/mol. The number of hydrogen-bond donors (Lipinski definition) is 1. The van der Waals surface area contributed by atoms with Crippen molar-refractivity contribution in [2.45, 2.75) is 19.5 Å². The van der Waals surface area contributed by atoms with Crippen molar-refractivity contribution < 1.29 is 31.3 Å². The Hall–Kier alpha value is -3.17. The molecule has 0 fully saturated rings. The number of oxazole rings is 1. The topological polar surface area (TPSA) is 81.2 Å². The Balaban J connectivity index is 1.61. The van der Waals surface area contributed by atoms with E-state index in [-0.39, 0.29) is 18.9 Å². The largest absolute Gasteiger partial charge is 0.444 e. The highest BCUT2D eigenvalue weighted by Crippen LogP contribution is 2.34. The van der Waals surface area contributed by atoms with E-state index in [9.17, 15) is 22.4 Å². The highest BCUT2D eigenvalue weighted by Gasteiger charge is 2.41. The Morgan fingerprint density at radius 1 is 1.22 bits per heavy atom. The molecule has 0 unspecified atom stereocenters. The third-order valence-corrected chi connectivity index (χ3v) is 3.66. The molecule has 0 radical (unpaired) electrons. The van der Waals surface area contributed by atoms with Gasteiger partial charge in [0.2, 0.25) is 11.7 Å². The first-order chi connectivity index (χ1) is 12.8. The lowest BCUT2D eigenvalue weighted by Gasteiger charge is -2.06. The van der Waals surface area contributed by atoms with Gasteiger partial charge < -0.3 is 14.3 Å². The fraction of sp³-hybridized carbons (Fsp3) is 0.235. The summed E-state index contributed by atoms with van der Waals surface area (Å²) in [7, 11) is 0. The highest BCUT2D eigenvalue weighted by atomic mass is 19.4. The van der Waals surface area contributed by atoms with Crippen molar-refractivity contribution in [2.75, 3.05) is 6.54 Å². The molecule has 10 heteroatoms. The Kier molecular flexibility index (Phi) is 4.98. The third kappa shape index (κ3) is 4.15. The van der Waals surface area contributed by atoms with E-state index in [2.05, 4.69) is 20.0 Å². The summed E-state index contributed by atoms with van der Waals surface area (Å²) in [4.78, 5) is 16.1. The van der Waals surface area contributed by atoms with Crippen molar-refractivity contribution in [3.63, 3.8) is 0 Å². The number of carbonyl (C=O) groups excluding carboxylic acids is 1. The van der Waals surface area contributed by atoms with Crippen molar-refractivity contribution in [2.24, 2.45) is 0 Å². The van der Waals surface area contributed by atoms with Crippen LogP contribution in [0.3, 0.4) is 0 Å². The minimum Gasteiger partial charge on any atom is -0.444 e. The van der Waals surface area contributed by atoms with Gasteiger partial charge in [0, 0.05) is 18.5 Å². The summed E-state index contributed by atoms with van der Waals surface area (Å²) in [6.45, 7) is 1.11. The number of alkyl halides is 3. The number of halogens is 4. The average molecular weight is 383 g/mol. The van der Waals surface area contributed by atoms with Crippen LogP contribution in [0.4, 0.5) is 17.6 Å². The quantitative estimate of drug-likeness (QED) is 0.679. The smallest absolute Gasteiger partial charge is 0.422 e. The number of aromatic nitrogens is 2. The van der Waals surface area contributed by atoms with Gasteiger partial charge in [0.05, 0.1) is 11.4 Å². The molecule has 142 valence electrons. The van der Waals surface area contributed by atoms with Gasteiger partial charge in [0.15, 0.2) is 0 Å². The molecule has 0 bridgehead atoms. The molecule has 0 spiro atoms. The van der Waals surface area contributed by atoms with Crippen LogP contribution in [-0.2, 0) is 12.6 Å². The zero-order chi connectivity index (χ0) is 19.6. The van der Waals surface area contributed by atoms with Crippen molar-refractivity contribution in [3.05, 3.63) is 59.1 Å². The molecular weight excluding hydrogens is 370 g/mol. The molecule has 3 aromatic rings. The Morgan fingerprint density at radius 3 is 2.59 bits per heavy atom. The van der Waals surface area contributed by atoms with Crippen molar-refractivity contribution in [3.8, 4) is 11.5 Å². The molecule has 0 aliphatic rings. The summed E-state index contributed by atoms with van der Waals surface area (Å²) in [6, 6.07) is 5.52. The number of carbonyl (C=O) groups is 1. The van der Waals surface area contributed by atoms with Crippen LogP contribution in [0, 0.1) is 12.7 Å². The van der Waals surface area contributed by atoms with Gasteiger partial charge in [-0.05, 0) is 31.2 Å². The lowest BCUT2D eigenvalue weighted by Crippen LogP contribution is -2.27. The molecule has 0 atom stereocenters. The lowest BCUT2D eigenvalue weighted by atomic mass is 10.2. The van der Waals surface area contributed by atoms with Gasteiger partial charge in [-0.2, -0.15) is 13.2 Å². The Labute approximate surface area is 150 Å². The van der Waals surface area contributed by atoms with Crippen LogP contribution in [0.2, 0.25) is 0 Å². The van der Waals surface area contributed by atoms with Gasteiger partial charge in [-0.3, -0.25) is 4.79 Å². The lowest BCUT2D eigenvalue weighted by molar-refractivity contribution is -0.138. The summed E-state index contributed by atoms with van der Waals surface area (Å²) >= 11 is 0. The highest BCUT2D eigenvalue weighted by molar-refractivity contribution is 5.93. The summed E-state index contributed by atoms with van der Waals surface area (Å²) < 4.78 is 61.6. The van der Waals surface area contributed by atoms with Crippen LogP contribution in [0.5, 0.6) is 0 Å². The monoisotopic (exact) mass is 383 g/mol. The van der Waals surface area contributed by atoms with Gasteiger partial charge in [0.1, 0.15) is 17.6 Å².